The molecule has 2 atom stereocenters. The molecule has 2 nitrogen and oxygen atoms in total. The topological polar surface area (TPSA) is 24.4 Å². The van der Waals surface area contributed by atoms with Crippen LogP contribution in [-0.4, -0.2) is 18.4 Å². The molecular formula is C19H22N2. The van der Waals surface area contributed by atoms with Crippen molar-refractivity contribution in [3.05, 3.63) is 71.8 Å². The van der Waals surface area contributed by atoms with Gasteiger partial charge in [-0.2, -0.15) is 0 Å². The van der Waals surface area contributed by atoms with E-state index in [0.29, 0.717) is 12.0 Å². The second-order valence-corrected chi connectivity index (χ2v) is 5.72. The van der Waals surface area contributed by atoms with Gasteiger partial charge in [-0.1, -0.05) is 60.7 Å². The van der Waals surface area contributed by atoms with Crippen molar-refractivity contribution >= 4 is 5.84 Å². The van der Waals surface area contributed by atoms with Gasteiger partial charge in [0.2, 0.25) is 0 Å². The number of nitrogens with one attached hydrogen (secondary N) is 1. The van der Waals surface area contributed by atoms with E-state index in [-0.39, 0.29) is 0 Å². The van der Waals surface area contributed by atoms with Crippen molar-refractivity contribution in [2.24, 2.45) is 4.99 Å². The van der Waals surface area contributed by atoms with Crippen molar-refractivity contribution in [2.75, 3.05) is 6.54 Å². The van der Waals surface area contributed by atoms with Crippen molar-refractivity contribution in [3.8, 4) is 0 Å². The Bertz CT molecular complexity index is 589. The molecular weight excluding hydrogens is 256 g/mol. The number of nitrogens with zero attached hydrogens (tertiary/aromatic N) is 1. The van der Waals surface area contributed by atoms with Crippen LogP contribution in [0.3, 0.4) is 0 Å². The van der Waals surface area contributed by atoms with Gasteiger partial charge in [0.05, 0.1) is 5.84 Å². The van der Waals surface area contributed by atoms with Gasteiger partial charge in [0.15, 0.2) is 0 Å². The Kier molecular flexibility index (Phi) is 4.34. The summed E-state index contributed by atoms with van der Waals surface area (Å²) in [6.45, 7) is 3.11. The summed E-state index contributed by atoms with van der Waals surface area (Å²) in [7, 11) is 0. The molecule has 2 heteroatoms. The molecule has 2 aromatic carbocycles. The van der Waals surface area contributed by atoms with Crippen LogP contribution in [-0.2, 0) is 6.42 Å². The largest absolute Gasteiger partial charge is 0.371 e. The second kappa shape index (κ2) is 6.57. The number of hydrogen-bond donors (Lipinski definition) is 1. The number of aliphatic imine (C=N–C) groups is 1. The number of amidine groups is 1. The van der Waals surface area contributed by atoms with Gasteiger partial charge in [0.1, 0.15) is 0 Å². The van der Waals surface area contributed by atoms with Gasteiger partial charge in [0.25, 0.3) is 0 Å². The van der Waals surface area contributed by atoms with Crippen molar-refractivity contribution in [1.29, 1.82) is 0 Å². The summed E-state index contributed by atoms with van der Waals surface area (Å²) in [5.41, 5.74) is 2.76. The van der Waals surface area contributed by atoms with Crippen molar-refractivity contribution < 1.29 is 0 Å². The maximum atomic E-state index is 4.75. The maximum Gasteiger partial charge on any atom is 0.0972 e. The van der Waals surface area contributed by atoms with Crippen LogP contribution in [0.4, 0.5) is 0 Å². The van der Waals surface area contributed by atoms with E-state index in [4.69, 9.17) is 4.99 Å². The molecule has 0 spiro atoms. The Balaban J connectivity index is 1.59. The lowest BCUT2D eigenvalue weighted by atomic mass is 9.93. The molecule has 1 aliphatic heterocycles. The third-order valence-corrected chi connectivity index (χ3v) is 4.18. The number of hydrogen-bond acceptors (Lipinski definition) is 1. The average molecular weight is 278 g/mol. The zero-order valence-corrected chi connectivity index (χ0v) is 12.5. The molecule has 1 heterocycles. The van der Waals surface area contributed by atoms with Gasteiger partial charge in [-0.05, 0) is 24.5 Å². The average Bonchev–Trinajstić information content (AvgIpc) is 2.90. The lowest BCUT2D eigenvalue weighted by molar-refractivity contribution is 0.600. The first-order chi connectivity index (χ1) is 10.3. The SMILES string of the molecule is CC1NC(=NCCc2ccccc2)CC1c1ccccc1. The summed E-state index contributed by atoms with van der Waals surface area (Å²) >= 11 is 0. The van der Waals surface area contributed by atoms with Crippen LogP contribution in [0, 0.1) is 0 Å². The quantitative estimate of drug-likeness (QED) is 0.904. The van der Waals surface area contributed by atoms with Crippen LogP contribution >= 0.6 is 0 Å². The zero-order valence-electron chi connectivity index (χ0n) is 12.5. The summed E-state index contributed by atoms with van der Waals surface area (Å²) in [4.78, 5) is 4.75. The number of benzene rings is 2. The predicted octanol–water partition coefficient (Wildman–Crippen LogP) is 3.79. The minimum absolute atomic E-state index is 0.461. The molecule has 2 unspecified atom stereocenters. The first-order valence-corrected chi connectivity index (χ1v) is 7.71. The van der Waals surface area contributed by atoms with Gasteiger partial charge in [-0.15, -0.1) is 0 Å². The Morgan fingerprint density at radius 3 is 2.38 bits per heavy atom. The zero-order chi connectivity index (χ0) is 14.5. The molecule has 0 aromatic heterocycles. The minimum atomic E-state index is 0.461. The van der Waals surface area contributed by atoms with Gasteiger partial charge < -0.3 is 5.32 Å². The molecule has 0 bridgehead atoms. The van der Waals surface area contributed by atoms with E-state index in [0.717, 1.165) is 25.2 Å². The first kappa shape index (κ1) is 13.9. The van der Waals surface area contributed by atoms with E-state index < -0.39 is 0 Å². The number of rotatable bonds is 4. The highest BCUT2D eigenvalue weighted by molar-refractivity contribution is 5.85. The lowest BCUT2D eigenvalue weighted by Crippen LogP contribution is -2.25. The normalized spacial score (nSPS) is 23.2. The van der Waals surface area contributed by atoms with E-state index >= 15 is 0 Å². The van der Waals surface area contributed by atoms with Gasteiger partial charge in [0, 0.05) is 24.9 Å². The van der Waals surface area contributed by atoms with E-state index in [1.54, 1.807) is 0 Å². The van der Waals surface area contributed by atoms with E-state index in [9.17, 15) is 0 Å². The summed E-state index contributed by atoms with van der Waals surface area (Å²) in [5, 5.41) is 3.54. The van der Waals surface area contributed by atoms with Crippen LogP contribution in [0.5, 0.6) is 0 Å². The fourth-order valence-electron chi connectivity index (χ4n) is 2.99. The molecule has 0 aliphatic carbocycles. The fourth-order valence-corrected chi connectivity index (χ4v) is 2.99. The molecule has 3 rings (SSSR count). The third kappa shape index (κ3) is 3.52. The molecule has 1 N–H and O–H groups in total. The molecule has 1 aliphatic rings. The molecule has 1 saturated heterocycles. The van der Waals surface area contributed by atoms with Crippen LogP contribution in [0.2, 0.25) is 0 Å². The summed E-state index contributed by atoms with van der Waals surface area (Å²) in [6.07, 6.45) is 2.04. The summed E-state index contributed by atoms with van der Waals surface area (Å²) < 4.78 is 0. The van der Waals surface area contributed by atoms with Gasteiger partial charge >= 0.3 is 0 Å². The molecule has 0 amide bonds. The summed E-state index contributed by atoms with van der Waals surface area (Å²) in [6, 6.07) is 21.8. The standard InChI is InChI=1S/C19H22N2/c1-15-18(17-10-6-3-7-11-17)14-19(21-15)20-13-12-16-8-4-2-5-9-16/h2-11,15,18H,12-14H2,1H3,(H,20,21). The highest BCUT2D eigenvalue weighted by Crippen LogP contribution is 2.28. The Labute approximate surface area is 126 Å². The second-order valence-electron chi connectivity index (χ2n) is 5.72. The van der Waals surface area contributed by atoms with E-state index in [2.05, 4.69) is 72.9 Å². The monoisotopic (exact) mass is 278 g/mol. The molecule has 108 valence electrons. The van der Waals surface area contributed by atoms with Crippen LogP contribution < -0.4 is 5.32 Å². The molecule has 0 saturated carbocycles. The first-order valence-electron chi connectivity index (χ1n) is 7.71. The van der Waals surface area contributed by atoms with Crippen molar-refractivity contribution in [1.82, 2.24) is 5.32 Å². The minimum Gasteiger partial charge on any atom is -0.371 e. The Morgan fingerprint density at radius 1 is 1.00 bits per heavy atom. The van der Waals surface area contributed by atoms with Gasteiger partial charge in [-0.3, -0.25) is 4.99 Å². The van der Waals surface area contributed by atoms with Crippen LogP contribution in [0.1, 0.15) is 30.4 Å². The van der Waals surface area contributed by atoms with E-state index in [1.807, 2.05) is 0 Å². The predicted molar refractivity (Wildman–Crippen MR) is 88.8 cm³/mol. The Hall–Kier alpha value is -2.09. The highest BCUT2D eigenvalue weighted by atomic mass is 15.0. The van der Waals surface area contributed by atoms with Crippen LogP contribution in [0.25, 0.3) is 0 Å². The molecule has 21 heavy (non-hydrogen) atoms. The van der Waals surface area contributed by atoms with Crippen LogP contribution in [0.15, 0.2) is 65.7 Å². The molecule has 1 fully saturated rings. The summed E-state index contributed by atoms with van der Waals surface area (Å²) in [5.74, 6) is 1.70. The highest BCUT2D eigenvalue weighted by Gasteiger charge is 2.28. The molecule has 0 radical (unpaired) electrons. The third-order valence-electron chi connectivity index (χ3n) is 4.18. The molecule has 2 aromatic rings. The Morgan fingerprint density at radius 2 is 1.67 bits per heavy atom. The maximum absolute atomic E-state index is 4.75. The fraction of sp³-hybridized carbons (Fsp3) is 0.316. The van der Waals surface area contributed by atoms with Crippen molar-refractivity contribution in [3.63, 3.8) is 0 Å². The van der Waals surface area contributed by atoms with Crippen molar-refractivity contribution in [2.45, 2.75) is 31.7 Å². The van der Waals surface area contributed by atoms with E-state index in [1.165, 1.54) is 11.1 Å². The van der Waals surface area contributed by atoms with Gasteiger partial charge in [-0.25, -0.2) is 0 Å². The smallest absolute Gasteiger partial charge is 0.0972 e. The lowest BCUT2D eigenvalue weighted by Gasteiger charge is -2.14.